The number of rotatable bonds is 11. The van der Waals surface area contributed by atoms with E-state index < -0.39 is 0 Å². The lowest BCUT2D eigenvalue weighted by molar-refractivity contribution is 0.129. The summed E-state index contributed by atoms with van der Waals surface area (Å²) in [5, 5.41) is 6.74. The fourth-order valence-electron chi connectivity index (χ4n) is 2.79. The van der Waals surface area contributed by atoms with Crippen LogP contribution in [-0.2, 0) is 4.74 Å². The molecule has 1 atom stereocenters. The Bertz CT molecular complexity index is 296. The summed E-state index contributed by atoms with van der Waals surface area (Å²) >= 11 is 0. The van der Waals surface area contributed by atoms with Crippen molar-refractivity contribution in [3.63, 3.8) is 0 Å². The molecule has 1 rings (SSSR count). The Labute approximate surface area is 136 Å². The third kappa shape index (κ3) is 7.99. The second-order valence-corrected chi connectivity index (χ2v) is 5.89. The van der Waals surface area contributed by atoms with Gasteiger partial charge in [-0.15, -0.1) is 0 Å². The molecule has 0 amide bonds. The highest BCUT2D eigenvalue weighted by Crippen LogP contribution is 2.16. The van der Waals surface area contributed by atoms with E-state index in [1.807, 2.05) is 0 Å². The van der Waals surface area contributed by atoms with E-state index in [2.05, 4.69) is 36.3 Å². The van der Waals surface area contributed by atoms with E-state index in [1.165, 1.54) is 25.8 Å². The highest BCUT2D eigenvalue weighted by molar-refractivity contribution is 5.79. The molecule has 130 valence electrons. The van der Waals surface area contributed by atoms with Gasteiger partial charge in [-0.05, 0) is 45.7 Å². The molecule has 0 radical (unpaired) electrons. The van der Waals surface area contributed by atoms with E-state index in [0.717, 1.165) is 58.2 Å². The molecule has 1 fully saturated rings. The molecule has 0 aromatic heterocycles. The number of likely N-dealkylation sites (tertiary alicyclic amines) is 1. The van der Waals surface area contributed by atoms with Crippen LogP contribution in [0.2, 0.25) is 0 Å². The third-order valence-electron chi connectivity index (χ3n) is 4.11. The van der Waals surface area contributed by atoms with Gasteiger partial charge >= 0.3 is 0 Å². The standard InChI is InChI=1S/C17H36N4O/c1-4-7-13-22-14-9-11-19-17(18-5-2)20-15-16-10-8-12-21(16)6-3/h16H,4-15H2,1-3H3,(H2,18,19,20). The van der Waals surface area contributed by atoms with Crippen molar-refractivity contribution in [2.45, 2.75) is 58.9 Å². The Morgan fingerprint density at radius 1 is 1.18 bits per heavy atom. The Balaban J connectivity index is 2.21. The molecule has 1 saturated heterocycles. The predicted molar refractivity (Wildman–Crippen MR) is 94.6 cm³/mol. The average molecular weight is 313 g/mol. The first-order valence-corrected chi connectivity index (χ1v) is 9.15. The molecule has 2 N–H and O–H groups in total. The van der Waals surface area contributed by atoms with Crippen molar-refractivity contribution in [3.05, 3.63) is 0 Å². The normalized spacial score (nSPS) is 19.6. The lowest BCUT2D eigenvalue weighted by Crippen LogP contribution is -2.39. The lowest BCUT2D eigenvalue weighted by atomic mass is 10.2. The maximum absolute atomic E-state index is 5.58. The third-order valence-corrected chi connectivity index (χ3v) is 4.11. The molecule has 0 aromatic carbocycles. The van der Waals surface area contributed by atoms with Gasteiger partial charge in [0.25, 0.3) is 0 Å². The predicted octanol–water partition coefficient (Wildman–Crippen LogP) is 2.23. The number of nitrogens with one attached hydrogen (secondary N) is 2. The van der Waals surface area contributed by atoms with Crippen LogP contribution in [0, 0.1) is 0 Å². The zero-order chi connectivity index (χ0) is 16.0. The molecule has 1 aliphatic rings. The second-order valence-electron chi connectivity index (χ2n) is 5.89. The van der Waals surface area contributed by atoms with Gasteiger partial charge in [0.2, 0.25) is 0 Å². The van der Waals surface area contributed by atoms with Gasteiger partial charge in [0, 0.05) is 32.3 Å². The fourth-order valence-corrected chi connectivity index (χ4v) is 2.79. The molecule has 1 heterocycles. The summed E-state index contributed by atoms with van der Waals surface area (Å²) in [6.45, 7) is 13.3. The summed E-state index contributed by atoms with van der Waals surface area (Å²) in [5.74, 6) is 0.944. The van der Waals surface area contributed by atoms with Crippen LogP contribution in [0.15, 0.2) is 4.99 Å². The van der Waals surface area contributed by atoms with Gasteiger partial charge in [0.1, 0.15) is 0 Å². The van der Waals surface area contributed by atoms with E-state index in [0.29, 0.717) is 6.04 Å². The first-order chi connectivity index (χ1) is 10.8. The van der Waals surface area contributed by atoms with Crippen molar-refractivity contribution < 1.29 is 4.74 Å². The number of nitrogens with zero attached hydrogens (tertiary/aromatic N) is 2. The highest BCUT2D eigenvalue weighted by Gasteiger charge is 2.22. The quantitative estimate of drug-likeness (QED) is 0.349. The number of ether oxygens (including phenoxy) is 1. The summed E-state index contributed by atoms with van der Waals surface area (Å²) in [5.41, 5.74) is 0. The molecule has 0 aromatic rings. The van der Waals surface area contributed by atoms with Gasteiger partial charge in [0.05, 0.1) is 6.54 Å². The zero-order valence-corrected chi connectivity index (χ0v) is 14.9. The van der Waals surface area contributed by atoms with E-state index in [4.69, 9.17) is 9.73 Å². The Morgan fingerprint density at radius 2 is 2.00 bits per heavy atom. The summed E-state index contributed by atoms with van der Waals surface area (Å²) in [6.07, 6.45) is 5.98. The van der Waals surface area contributed by atoms with Crippen molar-refractivity contribution in [2.75, 3.05) is 45.9 Å². The Kier molecular flexibility index (Phi) is 11.1. The molecule has 5 nitrogen and oxygen atoms in total. The summed E-state index contributed by atoms with van der Waals surface area (Å²) in [7, 11) is 0. The Hall–Kier alpha value is -0.810. The van der Waals surface area contributed by atoms with Gasteiger partial charge in [-0.1, -0.05) is 20.3 Å². The summed E-state index contributed by atoms with van der Waals surface area (Å²) in [4.78, 5) is 7.29. The molecule has 0 aliphatic carbocycles. The minimum absolute atomic E-state index is 0.623. The number of aliphatic imine (C=N–C) groups is 1. The molecule has 1 aliphatic heterocycles. The van der Waals surface area contributed by atoms with Crippen molar-refractivity contribution >= 4 is 5.96 Å². The van der Waals surface area contributed by atoms with E-state index in [9.17, 15) is 0 Å². The van der Waals surface area contributed by atoms with Gasteiger partial charge in [0.15, 0.2) is 5.96 Å². The van der Waals surface area contributed by atoms with Gasteiger partial charge < -0.3 is 15.4 Å². The van der Waals surface area contributed by atoms with Crippen molar-refractivity contribution in [2.24, 2.45) is 4.99 Å². The number of guanidine groups is 1. The highest BCUT2D eigenvalue weighted by atomic mass is 16.5. The number of hydrogen-bond acceptors (Lipinski definition) is 3. The van der Waals surface area contributed by atoms with Crippen molar-refractivity contribution in [3.8, 4) is 0 Å². The summed E-state index contributed by atoms with van der Waals surface area (Å²) in [6, 6.07) is 0.623. The van der Waals surface area contributed by atoms with E-state index in [-0.39, 0.29) is 0 Å². The number of likely N-dealkylation sites (N-methyl/N-ethyl adjacent to an activating group) is 1. The van der Waals surface area contributed by atoms with Crippen molar-refractivity contribution in [1.82, 2.24) is 15.5 Å². The van der Waals surface area contributed by atoms with Gasteiger partial charge in [-0.25, -0.2) is 0 Å². The van der Waals surface area contributed by atoms with Crippen LogP contribution in [0.1, 0.15) is 52.9 Å². The zero-order valence-electron chi connectivity index (χ0n) is 14.9. The van der Waals surface area contributed by atoms with Crippen LogP contribution in [0.5, 0.6) is 0 Å². The van der Waals surface area contributed by atoms with Crippen LogP contribution in [0.3, 0.4) is 0 Å². The van der Waals surface area contributed by atoms with Crippen LogP contribution in [0.25, 0.3) is 0 Å². The SMILES string of the molecule is CCCCOCCCNC(=NCC1CCCN1CC)NCC. The van der Waals surface area contributed by atoms with E-state index in [1.54, 1.807) is 0 Å². The van der Waals surface area contributed by atoms with Crippen LogP contribution in [0.4, 0.5) is 0 Å². The van der Waals surface area contributed by atoms with Crippen LogP contribution in [-0.4, -0.2) is 62.8 Å². The largest absolute Gasteiger partial charge is 0.381 e. The van der Waals surface area contributed by atoms with Crippen molar-refractivity contribution in [1.29, 1.82) is 0 Å². The van der Waals surface area contributed by atoms with Gasteiger partial charge in [-0.2, -0.15) is 0 Å². The molecule has 0 saturated carbocycles. The number of hydrogen-bond donors (Lipinski definition) is 2. The number of unbranched alkanes of at least 4 members (excludes halogenated alkanes) is 1. The first kappa shape index (κ1) is 19.2. The monoisotopic (exact) mass is 312 g/mol. The van der Waals surface area contributed by atoms with Crippen LogP contribution >= 0.6 is 0 Å². The van der Waals surface area contributed by atoms with E-state index >= 15 is 0 Å². The topological polar surface area (TPSA) is 48.9 Å². The smallest absolute Gasteiger partial charge is 0.191 e. The Morgan fingerprint density at radius 3 is 2.73 bits per heavy atom. The molecule has 22 heavy (non-hydrogen) atoms. The first-order valence-electron chi connectivity index (χ1n) is 9.15. The molecular weight excluding hydrogens is 276 g/mol. The van der Waals surface area contributed by atoms with Gasteiger partial charge in [-0.3, -0.25) is 9.89 Å². The second kappa shape index (κ2) is 12.7. The fraction of sp³-hybridized carbons (Fsp3) is 0.941. The molecule has 5 heteroatoms. The van der Waals surface area contributed by atoms with Crippen LogP contribution < -0.4 is 10.6 Å². The molecule has 0 bridgehead atoms. The molecule has 1 unspecified atom stereocenters. The molecule has 0 spiro atoms. The average Bonchev–Trinajstić information content (AvgIpc) is 2.99. The maximum atomic E-state index is 5.58. The summed E-state index contributed by atoms with van der Waals surface area (Å²) < 4.78 is 5.58. The minimum Gasteiger partial charge on any atom is -0.381 e. The maximum Gasteiger partial charge on any atom is 0.191 e. The molecular formula is C17H36N4O. The lowest BCUT2D eigenvalue weighted by Gasteiger charge is -2.21. The minimum atomic E-state index is 0.623.